The predicted octanol–water partition coefficient (Wildman–Crippen LogP) is 2.08. The van der Waals surface area contributed by atoms with Gasteiger partial charge in [-0.25, -0.2) is 9.97 Å². The Kier molecular flexibility index (Phi) is 3.57. The molecular weight excluding hydrogens is 288 g/mol. The van der Waals surface area contributed by atoms with Gasteiger partial charge in [-0.2, -0.15) is 5.10 Å². The maximum absolute atomic E-state index is 4.53. The second-order valence-electron chi connectivity index (χ2n) is 5.87. The number of aromatic nitrogens is 4. The summed E-state index contributed by atoms with van der Waals surface area (Å²) in [6.45, 7) is 4.03. The molecule has 23 heavy (non-hydrogen) atoms. The average molecular weight is 308 g/mol. The van der Waals surface area contributed by atoms with Gasteiger partial charge in [-0.1, -0.05) is 18.2 Å². The van der Waals surface area contributed by atoms with E-state index in [0.29, 0.717) is 0 Å². The largest absolute Gasteiger partial charge is 0.370 e. The molecule has 3 heterocycles. The summed E-state index contributed by atoms with van der Waals surface area (Å²) in [6.07, 6.45) is 4.62. The minimum absolute atomic E-state index is 0.888. The highest BCUT2D eigenvalue weighted by Gasteiger charge is 2.19. The van der Waals surface area contributed by atoms with Crippen LogP contribution in [0, 0.1) is 0 Å². The minimum Gasteiger partial charge on any atom is -0.370 e. The number of rotatable bonds is 2. The first-order valence-corrected chi connectivity index (χ1v) is 8.00. The number of fused-ring (bicyclic) bond motifs is 1. The van der Waals surface area contributed by atoms with Crippen LogP contribution in [0.1, 0.15) is 6.42 Å². The number of nitrogens with zero attached hydrogens (tertiary/aromatic N) is 6. The van der Waals surface area contributed by atoms with Crippen LogP contribution >= 0.6 is 0 Å². The van der Waals surface area contributed by atoms with Gasteiger partial charge in [0.25, 0.3) is 0 Å². The summed E-state index contributed by atoms with van der Waals surface area (Å²) in [5.41, 5.74) is 2.18. The Morgan fingerprint density at radius 3 is 2.57 bits per heavy atom. The molecule has 6 nitrogen and oxygen atoms in total. The van der Waals surface area contributed by atoms with Crippen molar-refractivity contribution in [3.05, 3.63) is 42.9 Å². The molecule has 1 fully saturated rings. The van der Waals surface area contributed by atoms with Crippen molar-refractivity contribution in [2.75, 3.05) is 36.0 Å². The van der Waals surface area contributed by atoms with E-state index in [1.54, 1.807) is 11.0 Å². The Balaban J connectivity index is 1.59. The third-order valence-corrected chi connectivity index (χ3v) is 4.43. The normalized spacial score (nSPS) is 15.9. The molecule has 0 spiro atoms. The van der Waals surface area contributed by atoms with Crippen LogP contribution in [-0.2, 0) is 7.05 Å². The fourth-order valence-corrected chi connectivity index (χ4v) is 3.23. The van der Waals surface area contributed by atoms with Crippen molar-refractivity contribution >= 4 is 22.5 Å². The summed E-state index contributed by atoms with van der Waals surface area (Å²) in [7, 11) is 1.92. The molecule has 0 radical (unpaired) electrons. The maximum Gasteiger partial charge on any atom is 0.163 e. The van der Waals surface area contributed by atoms with Crippen molar-refractivity contribution in [1.82, 2.24) is 19.7 Å². The summed E-state index contributed by atoms with van der Waals surface area (Å²) in [6, 6.07) is 10.6. The lowest BCUT2D eigenvalue weighted by Gasteiger charge is -2.24. The van der Waals surface area contributed by atoms with E-state index in [1.807, 2.05) is 13.2 Å². The fourth-order valence-electron chi connectivity index (χ4n) is 3.23. The van der Waals surface area contributed by atoms with Crippen molar-refractivity contribution in [3.63, 3.8) is 0 Å². The summed E-state index contributed by atoms with van der Waals surface area (Å²) in [4.78, 5) is 13.7. The molecule has 1 saturated heterocycles. The SMILES string of the molecule is Cn1ncc2c(N3CCCN(c4ccccc4)CC3)ncnc21. The first kappa shape index (κ1) is 14.0. The Hall–Kier alpha value is -2.63. The van der Waals surface area contributed by atoms with Crippen LogP contribution in [0.25, 0.3) is 11.0 Å². The predicted molar refractivity (Wildman–Crippen MR) is 91.8 cm³/mol. The van der Waals surface area contributed by atoms with E-state index in [2.05, 4.69) is 55.2 Å². The Bertz CT molecular complexity index is 797. The van der Waals surface area contributed by atoms with E-state index >= 15 is 0 Å². The lowest BCUT2D eigenvalue weighted by Crippen LogP contribution is -2.31. The second kappa shape index (κ2) is 5.87. The van der Waals surface area contributed by atoms with Crippen LogP contribution in [-0.4, -0.2) is 45.9 Å². The summed E-state index contributed by atoms with van der Waals surface area (Å²) >= 11 is 0. The molecule has 1 aliphatic heterocycles. The molecule has 6 heteroatoms. The molecule has 4 rings (SSSR count). The summed E-state index contributed by atoms with van der Waals surface area (Å²) < 4.78 is 1.80. The lowest BCUT2D eigenvalue weighted by atomic mass is 10.3. The van der Waals surface area contributed by atoms with Crippen LogP contribution in [0.5, 0.6) is 0 Å². The first-order valence-electron chi connectivity index (χ1n) is 8.00. The van der Waals surface area contributed by atoms with Gasteiger partial charge in [0.1, 0.15) is 12.1 Å². The van der Waals surface area contributed by atoms with E-state index in [-0.39, 0.29) is 0 Å². The van der Waals surface area contributed by atoms with Crippen molar-refractivity contribution < 1.29 is 0 Å². The van der Waals surface area contributed by atoms with E-state index in [0.717, 1.165) is 49.5 Å². The molecule has 2 aromatic heterocycles. The molecule has 0 aliphatic carbocycles. The molecule has 0 atom stereocenters. The van der Waals surface area contributed by atoms with Gasteiger partial charge < -0.3 is 9.80 Å². The molecule has 3 aromatic rings. The van der Waals surface area contributed by atoms with E-state index in [4.69, 9.17) is 0 Å². The van der Waals surface area contributed by atoms with Gasteiger partial charge in [-0.15, -0.1) is 0 Å². The van der Waals surface area contributed by atoms with E-state index in [1.165, 1.54) is 5.69 Å². The van der Waals surface area contributed by atoms with Crippen LogP contribution < -0.4 is 9.80 Å². The molecule has 0 unspecified atom stereocenters. The van der Waals surface area contributed by atoms with Gasteiger partial charge in [0.2, 0.25) is 0 Å². The van der Waals surface area contributed by atoms with Crippen molar-refractivity contribution in [2.24, 2.45) is 7.05 Å². The van der Waals surface area contributed by atoms with Crippen molar-refractivity contribution in [3.8, 4) is 0 Å². The van der Waals surface area contributed by atoms with E-state index in [9.17, 15) is 0 Å². The van der Waals surface area contributed by atoms with Gasteiger partial charge in [0, 0.05) is 38.9 Å². The average Bonchev–Trinajstić information content (AvgIpc) is 2.83. The zero-order valence-electron chi connectivity index (χ0n) is 13.3. The van der Waals surface area contributed by atoms with Crippen LogP contribution in [0.4, 0.5) is 11.5 Å². The Morgan fingerprint density at radius 2 is 1.70 bits per heavy atom. The number of para-hydroxylation sites is 1. The smallest absolute Gasteiger partial charge is 0.163 e. The topological polar surface area (TPSA) is 50.1 Å². The van der Waals surface area contributed by atoms with Gasteiger partial charge in [0.05, 0.1) is 11.6 Å². The third kappa shape index (κ3) is 2.60. The zero-order valence-corrected chi connectivity index (χ0v) is 13.3. The second-order valence-corrected chi connectivity index (χ2v) is 5.87. The molecule has 0 bridgehead atoms. The summed E-state index contributed by atoms with van der Waals surface area (Å²) in [5.74, 6) is 0.998. The van der Waals surface area contributed by atoms with E-state index < -0.39 is 0 Å². The van der Waals surface area contributed by atoms with Crippen molar-refractivity contribution in [2.45, 2.75) is 6.42 Å². The van der Waals surface area contributed by atoms with Gasteiger partial charge in [-0.3, -0.25) is 4.68 Å². The molecular formula is C17H20N6. The van der Waals surface area contributed by atoms with Crippen LogP contribution in [0.15, 0.2) is 42.9 Å². The molecule has 0 saturated carbocycles. The maximum atomic E-state index is 4.53. The Labute approximate surface area is 135 Å². The monoisotopic (exact) mass is 308 g/mol. The standard InChI is InChI=1S/C17H20N6/c1-21-16-15(12-20-21)17(19-13-18-16)23-9-5-8-22(10-11-23)14-6-3-2-4-7-14/h2-4,6-7,12-13H,5,8-11H2,1H3. The highest BCUT2D eigenvalue weighted by Crippen LogP contribution is 2.24. The molecule has 1 aliphatic rings. The van der Waals surface area contributed by atoms with Crippen molar-refractivity contribution in [1.29, 1.82) is 0 Å². The van der Waals surface area contributed by atoms with Gasteiger partial charge in [-0.05, 0) is 18.6 Å². The molecule has 1 aromatic carbocycles. The highest BCUT2D eigenvalue weighted by molar-refractivity contribution is 5.86. The minimum atomic E-state index is 0.888. The Morgan fingerprint density at radius 1 is 0.913 bits per heavy atom. The third-order valence-electron chi connectivity index (χ3n) is 4.43. The fraction of sp³-hybridized carbons (Fsp3) is 0.353. The molecule has 0 amide bonds. The van der Waals surface area contributed by atoms with Crippen LogP contribution in [0.3, 0.4) is 0 Å². The number of hydrogen-bond donors (Lipinski definition) is 0. The number of aryl methyl sites for hydroxylation is 1. The molecule has 118 valence electrons. The highest BCUT2D eigenvalue weighted by atomic mass is 15.3. The lowest BCUT2D eigenvalue weighted by molar-refractivity contribution is 0.782. The van der Waals surface area contributed by atoms with Gasteiger partial charge in [0.15, 0.2) is 5.65 Å². The zero-order chi connectivity index (χ0) is 15.6. The van der Waals surface area contributed by atoms with Crippen LogP contribution in [0.2, 0.25) is 0 Å². The first-order chi connectivity index (χ1) is 11.3. The number of benzene rings is 1. The number of anilines is 2. The number of hydrogen-bond acceptors (Lipinski definition) is 5. The molecule has 0 N–H and O–H groups in total. The quantitative estimate of drug-likeness (QED) is 0.725. The van der Waals surface area contributed by atoms with Gasteiger partial charge >= 0.3 is 0 Å². The summed E-state index contributed by atoms with van der Waals surface area (Å²) in [5, 5.41) is 5.35.